The van der Waals surface area contributed by atoms with Crippen LogP contribution < -0.4 is 14.8 Å². The average molecular weight is 504 g/mol. The molecule has 3 aromatic heterocycles. The smallest absolute Gasteiger partial charge is 0.274 e. The number of azide groups is 1. The van der Waals surface area contributed by atoms with Gasteiger partial charge in [0.25, 0.3) is 5.56 Å². The predicted molar refractivity (Wildman–Crippen MR) is 136 cm³/mol. The van der Waals surface area contributed by atoms with E-state index in [-0.39, 0.29) is 17.4 Å². The Labute approximate surface area is 211 Å². The van der Waals surface area contributed by atoms with Gasteiger partial charge in [-0.2, -0.15) is 5.26 Å². The number of phenols is 1. The van der Waals surface area contributed by atoms with Crippen LogP contribution in [0.25, 0.3) is 38.8 Å². The topological polar surface area (TPSA) is 166 Å². The third kappa shape index (κ3) is 3.42. The molecule has 0 spiro atoms. The minimum Gasteiger partial charge on any atom is -0.506 e. The molecule has 6 rings (SSSR count). The molecular formula is C25H13N9O2S. The van der Waals surface area contributed by atoms with Crippen molar-refractivity contribution in [1.29, 1.82) is 5.26 Å². The number of nitriles is 1. The summed E-state index contributed by atoms with van der Waals surface area (Å²) < 4.78 is 2.05. The van der Waals surface area contributed by atoms with Crippen molar-refractivity contribution in [2.75, 3.05) is 0 Å². The molecule has 1 aliphatic rings. The van der Waals surface area contributed by atoms with E-state index in [9.17, 15) is 15.2 Å². The first kappa shape index (κ1) is 22.1. The summed E-state index contributed by atoms with van der Waals surface area (Å²) in [6.45, 7) is 0. The van der Waals surface area contributed by atoms with E-state index >= 15 is 0 Å². The van der Waals surface area contributed by atoms with E-state index in [0.717, 1.165) is 16.9 Å². The van der Waals surface area contributed by atoms with Crippen LogP contribution in [-0.2, 0) is 0 Å². The van der Waals surface area contributed by atoms with Crippen molar-refractivity contribution in [3.63, 3.8) is 0 Å². The van der Waals surface area contributed by atoms with E-state index in [1.807, 2.05) is 30.3 Å². The van der Waals surface area contributed by atoms with E-state index in [1.165, 1.54) is 10.6 Å². The number of aromatic hydroxyl groups is 1. The third-order valence-electron chi connectivity index (χ3n) is 6.07. The minimum atomic E-state index is -0.672. The molecule has 0 saturated heterocycles. The van der Waals surface area contributed by atoms with Crippen molar-refractivity contribution in [2.24, 2.45) is 5.11 Å². The van der Waals surface area contributed by atoms with Gasteiger partial charge in [-0.15, -0.1) is 21.5 Å². The van der Waals surface area contributed by atoms with Gasteiger partial charge in [0.2, 0.25) is 0 Å². The molecule has 1 N–H and O–H groups in total. The summed E-state index contributed by atoms with van der Waals surface area (Å²) in [5.74, 6) is -0.547. The number of benzene rings is 2. The second kappa shape index (κ2) is 8.69. The van der Waals surface area contributed by atoms with Crippen LogP contribution in [0.15, 0.2) is 70.7 Å². The molecule has 2 aromatic carbocycles. The summed E-state index contributed by atoms with van der Waals surface area (Å²) in [6, 6.07) is 18.2. The number of nitrogens with zero attached hydrogens (tertiary/aromatic N) is 9. The minimum absolute atomic E-state index is 0.0306. The monoisotopic (exact) mass is 503 g/mol. The first-order valence-corrected chi connectivity index (χ1v) is 11.7. The van der Waals surface area contributed by atoms with Gasteiger partial charge in [-0.05, 0) is 45.2 Å². The van der Waals surface area contributed by atoms with Gasteiger partial charge in [-0.1, -0.05) is 42.5 Å². The summed E-state index contributed by atoms with van der Waals surface area (Å²) in [4.78, 5) is 20.8. The lowest BCUT2D eigenvalue weighted by Crippen LogP contribution is -2.36. The first-order chi connectivity index (χ1) is 18.1. The number of phenolic OH excluding ortho intramolecular Hbond substituents is 1. The molecular weight excluding hydrogens is 490 g/mol. The van der Waals surface area contributed by atoms with E-state index < -0.39 is 11.5 Å². The maximum Gasteiger partial charge on any atom is 0.274 e. The molecule has 11 nitrogen and oxygen atoms in total. The van der Waals surface area contributed by atoms with Crippen LogP contribution in [0.2, 0.25) is 0 Å². The summed E-state index contributed by atoms with van der Waals surface area (Å²) in [5.41, 5.74) is 11.2. The lowest BCUT2D eigenvalue weighted by Gasteiger charge is -2.24. The number of rotatable bonds is 3. The Hall–Kier alpha value is -5.37. The van der Waals surface area contributed by atoms with Crippen molar-refractivity contribution in [3.8, 4) is 17.6 Å². The first-order valence-electron chi connectivity index (χ1n) is 10.9. The Morgan fingerprint density at radius 1 is 1.16 bits per heavy atom. The van der Waals surface area contributed by atoms with Gasteiger partial charge in [0.1, 0.15) is 15.9 Å². The largest absolute Gasteiger partial charge is 0.506 e. The molecule has 37 heavy (non-hydrogen) atoms. The Morgan fingerprint density at radius 2 is 2.00 bits per heavy atom. The molecule has 0 bridgehead atoms. The molecule has 12 heteroatoms. The van der Waals surface area contributed by atoms with Gasteiger partial charge < -0.3 is 5.11 Å². The highest BCUT2D eigenvalue weighted by atomic mass is 32.1. The number of aromatic nitrogens is 5. The van der Waals surface area contributed by atoms with Gasteiger partial charge in [0.15, 0.2) is 11.6 Å². The van der Waals surface area contributed by atoms with E-state index in [0.29, 0.717) is 36.8 Å². The van der Waals surface area contributed by atoms with Crippen LogP contribution in [0.3, 0.4) is 0 Å². The molecule has 0 amide bonds. The molecule has 1 atom stereocenters. The zero-order valence-electron chi connectivity index (χ0n) is 18.7. The summed E-state index contributed by atoms with van der Waals surface area (Å²) in [6.07, 6.45) is 3.27. The van der Waals surface area contributed by atoms with Gasteiger partial charge in [-0.3, -0.25) is 9.78 Å². The Balaban J connectivity index is 1.73. The number of fused-ring (bicyclic) bond motifs is 4. The van der Waals surface area contributed by atoms with Crippen molar-refractivity contribution in [3.05, 3.63) is 107 Å². The highest BCUT2D eigenvalue weighted by Gasteiger charge is 2.34. The van der Waals surface area contributed by atoms with Crippen LogP contribution in [0.1, 0.15) is 22.6 Å². The third-order valence-corrected chi connectivity index (χ3v) is 7.17. The van der Waals surface area contributed by atoms with Crippen LogP contribution >= 0.6 is 11.3 Å². The summed E-state index contributed by atoms with van der Waals surface area (Å²) >= 11 is 1.14. The lowest BCUT2D eigenvalue weighted by molar-refractivity contribution is 0.480. The highest BCUT2D eigenvalue weighted by Crippen LogP contribution is 2.40. The molecule has 176 valence electrons. The summed E-state index contributed by atoms with van der Waals surface area (Å²) in [7, 11) is 0. The molecule has 1 unspecified atom stereocenters. The fourth-order valence-corrected chi connectivity index (χ4v) is 5.62. The van der Waals surface area contributed by atoms with Gasteiger partial charge in [0.05, 0.1) is 22.1 Å². The number of hydrogen-bond donors (Lipinski definition) is 1. The molecule has 4 heterocycles. The normalized spacial score (nSPS) is 14.5. The quantitative estimate of drug-likeness (QED) is 0.224. The van der Waals surface area contributed by atoms with E-state index in [4.69, 9.17) is 5.53 Å². The number of pyridine rings is 1. The fourth-order valence-electron chi connectivity index (χ4n) is 4.52. The maximum absolute atomic E-state index is 13.7. The molecule has 0 aliphatic carbocycles. The molecule has 0 saturated carbocycles. The molecule has 1 aliphatic heterocycles. The standard InChI is InChI=1S/C25H13N9O2S/c26-12-16-19(13-5-2-1-3-6-13)20-22(29-32-27)30-33-31-23(20)34-24(36)18(37-25(16)34)11-14-8-9-17(35)21-15(14)7-4-10-28-21/h1-11,19,35H/b18-11+. The zero-order chi connectivity index (χ0) is 25.5. The Bertz CT molecular complexity index is 2000. The zero-order valence-corrected chi connectivity index (χ0v) is 19.5. The second-order valence-corrected chi connectivity index (χ2v) is 9.07. The molecule has 5 aromatic rings. The lowest BCUT2D eigenvalue weighted by atomic mass is 9.84. The Kier molecular flexibility index (Phi) is 5.19. The number of thiazole rings is 1. The van der Waals surface area contributed by atoms with Gasteiger partial charge in [-0.25, -0.2) is 4.57 Å². The highest BCUT2D eigenvalue weighted by molar-refractivity contribution is 7.07. The van der Waals surface area contributed by atoms with Crippen LogP contribution in [0, 0.1) is 11.3 Å². The molecule has 0 fully saturated rings. The van der Waals surface area contributed by atoms with Crippen molar-refractivity contribution < 1.29 is 5.11 Å². The fraction of sp³-hybridized carbons (Fsp3) is 0.0400. The SMILES string of the molecule is N#CC1=c2s/c(=C/c3ccc(O)c4ncccc34)c(=O)n2-c2nnnc(N=[N+]=[N-])c2C1c1ccccc1. The van der Waals surface area contributed by atoms with Crippen molar-refractivity contribution in [1.82, 2.24) is 25.0 Å². The van der Waals surface area contributed by atoms with Crippen LogP contribution in [-0.4, -0.2) is 30.1 Å². The van der Waals surface area contributed by atoms with Crippen molar-refractivity contribution in [2.45, 2.75) is 5.92 Å². The second-order valence-electron chi connectivity index (χ2n) is 8.04. The van der Waals surface area contributed by atoms with Gasteiger partial charge >= 0.3 is 0 Å². The predicted octanol–water partition coefficient (Wildman–Crippen LogP) is 2.93. The van der Waals surface area contributed by atoms with E-state index in [1.54, 1.807) is 30.5 Å². The summed E-state index contributed by atoms with van der Waals surface area (Å²) in [5, 5.41) is 36.6. The Morgan fingerprint density at radius 3 is 2.78 bits per heavy atom. The number of hydrogen-bond acceptors (Lipinski definition) is 9. The van der Waals surface area contributed by atoms with Crippen LogP contribution in [0.5, 0.6) is 5.75 Å². The van der Waals surface area contributed by atoms with Crippen LogP contribution in [0.4, 0.5) is 5.82 Å². The maximum atomic E-state index is 13.7. The van der Waals surface area contributed by atoms with Gasteiger partial charge in [0, 0.05) is 22.1 Å². The molecule has 0 radical (unpaired) electrons. The van der Waals surface area contributed by atoms with E-state index in [2.05, 4.69) is 36.5 Å². The van der Waals surface area contributed by atoms with Crippen molar-refractivity contribution >= 4 is 39.7 Å². The average Bonchev–Trinajstić information content (AvgIpc) is 3.26.